The molecule has 0 unspecified atom stereocenters. The lowest BCUT2D eigenvalue weighted by atomic mass is 10.4. The summed E-state index contributed by atoms with van der Waals surface area (Å²) in [5.74, 6) is 0. The first-order valence-electron chi connectivity index (χ1n) is 3.81. The fraction of sp³-hybridized carbons (Fsp3) is 0.429. The number of hydrogen-bond acceptors (Lipinski definition) is 3. The minimum Gasteiger partial charge on any atom is -0.337 e. The summed E-state index contributed by atoms with van der Waals surface area (Å²) < 4.78 is 1.39. The highest BCUT2D eigenvalue weighted by atomic mass is 16.2. The average molecular weight is 168 g/mol. The van der Waals surface area contributed by atoms with Gasteiger partial charge in [0.15, 0.2) is 0 Å². The van der Waals surface area contributed by atoms with Gasteiger partial charge in [-0.05, 0) is 13.0 Å². The maximum atomic E-state index is 11.2. The van der Waals surface area contributed by atoms with Crippen molar-refractivity contribution in [3.05, 3.63) is 18.7 Å². The van der Waals surface area contributed by atoms with Gasteiger partial charge in [-0.3, -0.25) is 4.57 Å². The van der Waals surface area contributed by atoms with Crippen LogP contribution in [0.5, 0.6) is 0 Å². The number of rotatable bonds is 3. The molecule has 0 saturated carbocycles. The van der Waals surface area contributed by atoms with Crippen LogP contribution >= 0.6 is 0 Å². The second-order valence-corrected chi connectivity index (χ2v) is 2.34. The number of carbonyl (C=O) groups is 1. The standard InChI is InChI=1S/C7H12N4O/c8-2-1-3-10-7(12)11-5-4-9-6-11/h4-6H,1-3,8H2,(H,10,12). The van der Waals surface area contributed by atoms with Crippen molar-refractivity contribution in [2.75, 3.05) is 13.1 Å². The fourth-order valence-corrected chi connectivity index (χ4v) is 0.768. The van der Waals surface area contributed by atoms with Crippen molar-refractivity contribution in [2.24, 2.45) is 5.73 Å². The zero-order chi connectivity index (χ0) is 8.81. The third-order valence-corrected chi connectivity index (χ3v) is 1.40. The van der Waals surface area contributed by atoms with Gasteiger partial charge in [-0.2, -0.15) is 0 Å². The molecule has 0 atom stereocenters. The molecule has 0 saturated heterocycles. The predicted octanol–water partition coefficient (Wildman–Crippen LogP) is -0.210. The number of imidazole rings is 1. The van der Waals surface area contributed by atoms with E-state index in [1.807, 2.05) is 0 Å². The number of amides is 1. The summed E-state index contributed by atoms with van der Waals surface area (Å²) in [5, 5.41) is 2.69. The van der Waals surface area contributed by atoms with E-state index in [1.165, 1.54) is 10.9 Å². The lowest BCUT2D eigenvalue weighted by Gasteiger charge is -2.02. The second-order valence-electron chi connectivity index (χ2n) is 2.34. The molecule has 0 aliphatic rings. The number of nitrogens with one attached hydrogen (secondary N) is 1. The number of carbonyl (C=O) groups excluding carboxylic acids is 1. The molecule has 1 amide bonds. The highest BCUT2D eigenvalue weighted by Crippen LogP contribution is 1.84. The van der Waals surface area contributed by atoms with Crippen LogP contribution in [-0.4, -0.2) is 28.7 Å². The molecule has 0 aromatic carbocycles. The van der Waals surface area contributed by atoms with E-state index in [4.69, 9.17) is 5.73 Å². The lowest BCUT2D eigenvalue weighted by molar-refractivity contribution is 0.242. The van der Waals surface area contributed by atoms with Crippen molar-refractivity contribution < 1.29 is 4.79 Å². The van der Waals surface area contributed by atoms with Crippen LogP contribution in [0.15, 0.2) is 18.7 Å². The van der Waals surface area contributed by atoms with Gasteiger partial charge < -0.3 is 11.1 Å². The third kappa shape index (κ3) is 2.35. The van der Waals surface area contributed by atoms with E-state index in [2.05, 4.69) is 10.3 Å². The second kappa shape index (κ2) is 4.50. The zero-order valence-corrected chi connectivity index (χ0v) is 6.73. The van der Waals surface area contributed by atoms with Gasteiger partial charge in [0.05, 0.1) is 0 Å². The molecular formula is C7H12N4O. The molecule has 0 spiro atoms. The molecule has 1 rings (SSSR count). The van der Waals surface area contributed by atoms with Crippen LogP contribution in [0.2, 0.25) is 0 Å². The molecule has 1 aromatic rings. The first-order chi connectivity index (χ1) is 5.84. The van der Waals surface area contributed by atoms with Gasteiger partial charge in [0.25, 0.3) is 0 Å². The molecular weight excluding hydrogens is 156 g/mol. The van der Waals surface area contributed by atoms with Crippen LogP contribution in [-0.2, 0) is 0 Å². The Hall–Kier alpha value is -1.36. The predicted molar refractivity (Wildman–Crippen MR) is 44.7 cm³/mol. The van der Waals surface area contributed by atoms with Crippen LogP contribution in [0.4, 0.5) is 4.79 Å². The summed E-state index contributed by atoms with van der Waals surface area (Å²) >= 11 is 0. The molecule has 0 fully saturated rings. The van der Waals surface area contributed by atoms with Gasteiger partial charge in [-0.1, -0.05) is 0 Å². The summed E-state index contributed by atoms with van der Waals surface area (Å²) in [5.41, 5.74) is 5.26. The largest absolute Gasteiger partial charge is 0.337 e. The van der Waals surface area contributed by atoms with Crippen molar-refractivity contribution in [1.29, 1.82) is 0 Å². The van der Waals surface area contributed by atoms with Crippen LogP contribution in [0.1, 0.15) is 6.42 Å². The van der Waals surface area contributed by atoms with Gasteiger partial charge in [0.1, 0.15) is 6.33 Å². The topological polar surface area (TPSA) is 72.9 Å². The van der Waals surface area contributed by atoms with Crippen LogP contribution in [0.25, 0.3) is 0 Å². The summed E-state index contributed by atoms with van der Waals surface area (Å²) in [4.78, 5) is 14.9. The lowest BCUT2D eigenvalue weighted by Crippen LogP contribution is -2.29. The Kier molecular flexibility index (Phi) is 3.28. The Morgan fingerprint density at radius 1 is 1.67 bits per heavy atom. The summed E-state index contributed by atoms with van der Waals surface area (Å²) in [6.45, 7) is 1.19. The van der Waals surface area contributed by atoms with Crippen molar-refractivity contribution in [1.82, 2.24) is 14.9 Å². The Labute approximate surface area is 70.6 Å². The summed E-state index contributed by atoms with van der Waals surface area (Å²) in [7, 11) is 0. The van der Waals surface area contributed by atoms with E-state index < -0.39 is 0 Å². The van der Waals surface area contributed by atoms with Crippen LogP contribution in [0, 0.1) is 0 Å². The number of hydrogen-bond donors (Lipinski definition) is 2. The SMILES string of the molecule is NCCCNC(=O)n1ccnc1. The van der Waals surface area contributed by atoms with Gasteiger partial charge in [-0.15, -0.1) is 0 Å². The van der Waals surface area contributed by atoms with Gasteiger partial charge in [0.2, 0.25) is 0 Å². The quantitative estimate of drug-likeness (QED) is 0.613. The van der Waals surface area contributed by atoms with Gasteiger partial charge in [0, 0.05) is 18.9 Å². The molecule has 0 radical (unpaired) electrons. The Bertz CT molecular complexity index is 232. The van der Waals surface area contributed by atoms with E-state index in [9.17, 15) is 4.79 Å². The maximum absolute atomic E-state index is 11.2. The van der Waals surface area contributed by atoms with Crippen LogP contribution in [0.3, 0.4) is 0 Å². The van der Waals surface area contributed by atoms with Crippen molar-refractivity contribution in [2.45, 2.75) is 6.42 Å². The Balaban J connectivity index is 2.30. The minimum absolute atomic E-state index is 0.166. The summed E-state index contributed by atoms with van der Waals surface area (Å²) in [6.07, 6.45) is 5.40. The molecule has 0 aliphatic heterocycles. The molecule has 12 heavy (non-hydrogen) atoms. The molecule has 66 valence electrons. The molecule has 0 aliphatic carbocycles. The Morgan fingerprint density at radius 2 is 2.50 bits per heavy atom. The Morgan fingerprint density at radius 3 is 3.08 bits per heavy atom. The first-order valence-corrected chi connectivity index (χ1v) is 3.81. The molecule has 0 bridgehead atoms. The number of nitrogens with zero attached hydrogens (tertiary/aromatic N) is 2. The average Bonchev–Trinajstić information content (AvgIpc) is 2.56. The molecule has 1 heterocycles. The highest BCUT2D eigenvalue weighted by molar-refractivity contribution is 5.76. The normalized spacial score (nSPS) is 9.75. The molecule has 3 N–H and O–H groups in total. The number of nitrogens with two attached hydrogens (primary N) is 1. The highest BCUT2D eigenvalue weighted by Gasteiger charge is 1.99. The van der Waals surface area contributed by atoms with Crippen LogP contribution < -0.4 is 11.1 Å². The zero-order valence-electron chi connectivity index (χ0n) is 6.73. The van der Waals surface area contributed by atoms with Gasteiger partial charge >= 0.3 is 6.03 Å². The van der Waals surface area contributed by atoms with E-state index in [1.54, 1.807) is 12.4 Å². The van der Waals surface area contributed by atoms with Gasteiger partial charge in [-0.25, -0.2) is 9.78 Å². The maximum Gasteiger partial charge on any atom is 0.326 e. The van der Waals surface area contributed by atoms with E-state index in [0.717, 1.165) is 6.42 Å². The molecule has 5 heteroatoms. The third-order valence-electron chi connectivity index (χ3n) is 1.40. The monoisotopic (exact) mass is 168 g/mol. The van der Waals surface area contributed by atoms with E-state index in [0.29, 0.717) is 13.1 Å². The fourth-order valence-electron chi connectivity index (χ4n) is 0.768. The smallest absolute Gasteiger partial charge is 0.326 e. The summed E-state index contributed by atoms with van der Waals surface area (Å²) in [6, 6.07) is -0.166. The van der Waals surface area contributed by atoms with Crippen molar-refractivity contribution in [3.8, 4) is 0 Å². The van der Waals surface area contributed by atoms with Crippen molar-refractivity contribution >= 4 is 6.03 Å². The molecule has 5 nitrogen and oxygen atoms in total. The van der Waals surface area contributed by atoms with E-state index >= 15 is 0 Å². The van der Waals surface area contributed by atoms with Crippen molar-refractivity contribution in [3.63, 3.8) is 0 Å². The first kappa shape index (κ1) is 8.73. The number of aromatic nitrogens is 2. The minimum atomic E-state index is -0.166. The molecule has 1 aromatic heterocycles. The van der Waals surface area contributed by atoms with E-state index in [-0.39, 0.29) is 6.03 Å².